The molecule has 120 valence electrons. The molecule has 0 aliphatic heterocycles. The van der Waals surface area contributed by atoms with Crippen LogP contribution < -0.4 is 4.74 Å². The molecule has 6 nitrogen and oxygen atoms in total. The number of hydrogen-bond acceptors (Lipinski definition) is 5. The van der Waals surface area contributed by atoms with Gasteiger partial charge < -0.3 is 9.47 Å². The van der Waals surface area contributed by atoms with Crippen molar-refractivity contribution in [1.82, 2.24) is 0 Å². The average molecular weight is 336 g/mol. The molecule has 0 bridgehead atoms. The first kappa shape index (κ1) is 16.8. The zero-order valence-corrected chi connectivity index (χ0v) is 13.1. The monoisotopic (exact) mass is 335 g/mol. The number of rotatable bonds is 6. The van der Waals surface area contributed by atoms with E-state index >= 15 is 0 Å². The van der Waals surface area contributed by atoms with E-state index in [-0.39, 0.29) is 29.5 Å². The van der Waals surface area contributed by atoms with Crippen LogP contribution >= 0.6 is 11.6 Å². The van der Waals surface area contributed by atoms with Crippen molar-refractivity contribution in [3.8, 4) is 5.75 Å². The number of carbonyl (C=O) groups is 1. The molecule has 0 aliphatic carbocycles. The van der Waals surface area contributed by atoms with Gasteiger partial charge in [-0.05, 0) is 24.6 Å². The second-order valence-electron chi connectivity index (χ2n) is 4.67. The highest BCUT2D eigenvalue weighted by molar-refractivity contribution is 6.33. The highest BCUT2D eigenvalue weighted by Gasteiger charge is 2.16. The number of hydrogen-bond donors (Lipinski definition) is 0. The van der Waals surface area contributed by atoms with Gasteiger partial charge in [-0.2, -0.15) is 0 Å². The van der Waals surface area contributed by atoms with Crippen LogP contribution in [0.4, 0.5) is 5.69 Å². The van der Waals surface area contributed by atoms with Crippen LogP contribution in [0.2, 0.25) is 5.02 Å². The summed E-state index contributed by atoms with van der Waals surface area (Å²) < 4.78 is 10.6. The second-order valence-corrected chi connectivity index (χ2v) is 5.08. The fourth-order valence-electron chi connectivity index (χ4n) is 1.87. The van der Waals surface area contributed by atoms with Crippen molar-refractivity contribution in [3.63, 3.8) is 0 Å². The van der Waals surface area contributed by atoms with E-state index in [1.807, 2.05) is 31.2 Å². The molecule has 0 saturated carbocycles. The summed E-state index contributed by atoms with van der Waals surface area (Å²) >= 11 is 5.86. The van der Waals surface area contributed by atoms with Crippen LogP contribution in [0, 0.1) is 17.0 Å². The molecule has 0 atom stereocenters. The van der Waals surface area contributed by atoms with Gasteiger partial charge >= 0.3 is 5.97 Å². The van der Waals surface area contributed by atoms with Crippen molar-refractivity contribution < 1.29 is 19.2 Å². The summed E-state index contributed by atoms with van der Waals surface area (Å²) in [4.78, 5) is 21.9. The van der Waals surface area contributed by atoms with Crippen molar-refractivity contribution in [1.29, 1.82) is 0 Å². The van der Waals surface area contributed by atoms with E-state index in [1.54, 1.807) is 0 Å². The molecule has 0 fully saturated rings. The maximum absolute atomic E-state index is 11.9. The van der Waals surface area contributed by atoms with Crippen molar-refractivity contribution >= 4 is 23.3 Å². The zero-order chi connectivity index (χ0) is 16.8. The van der Waals surface area contributed by atoms with Gasteiger partial charge in [-0.1, -0.05) is 29.8 Å². The lowest BCUT2D eigenvalue weighted by molar-refractivity contribution is -0.384. The summed E-state index contributed by atoms with van der Waals surface area (Å²) in [5, 5.41) is 10.6. The van der Waals surface area contributed by atoms with Crippen molar-refractivity contribution in [2.24, 2.45) is 0 Å². The molecule has 0 radical (unpaired) electrons. The molecule has 23 heavy (non-hydrogen) atoms. The lowest BCUT2D eigenvalue weighted by atomic mass is 10.2. The smallest absolute Gasteiger partial charge is 0.339 e. The van der Waals surface area contributed by atoms with Crippen molar-refractivity contribution in [2.45, 2.75) is 6.92 Å². The van der Waals surface area contributed by atoms with Gasteiger partial charge in [0.05, 0.1) is 15.5 Å². The molecule has 0 aliphatic rings. The standard InChI is InChI=1S/C16H14ClNO5/c1-11-4-2-3-5-15(11)22-8-9-23-16(19)13-7-6-12(18(20)21)10-14(13)17/h2-7,10H,8-9H2,1H3. The molecule has 0 amide bonds. The summed E-state index contributed by atoms with van der Waals surface area (Å²) in [5.74, 6) is 0.0650. The lowest BCUT2D eigenvalue weighted by Gasteiger charge is -2.09. The predicted molar refractivity (Wildman–Crippen MR) is 85.1 cm³/mol. The number of esters is 1. The molecule has 7 heteroatoms. The Morgan fingerprint density at radius 1 is 1.22 bits per heavy atom. The van der Waals surface area contributed by atoms with E-state index in [2.05, 4.69) is 0 Å². The normalized spacial score (nSPS) is 10.2. The van der Waals surface area contributed by atoms with Crippen LogP contribution in [0.25, 0.3) is 0 Å². The predicted octanol–water partition coefficient (Wildman–Crippen LogP) is 3.79. The fraction of sp³-hybridized carbons (Fsp3) is 0.188. The Morgan fingerprint density at radius 2 is 1.96 bits per heavy atom. The first-order valence-electron chi connectivity index (χ1n) is 6.78. The van der Waals surface area contributed by atoms with Crippen LogP contribution in [-0.4, -0.2) is 24.1 Å². The quantitative estimate of drug-likeness (QED) is 0.347. The van der Waals surface area contributed by atoms with Gasteiger partial charge in [0.15, 0.2) is 0 Å². The molecule has 0 aromatic heterocycles. The average Bonchev–Trinajstić information content (AvgIpc) is 2.52. The van der Waals surface area contributed by atoms with Gasteiger partial charge in [0, 0.05) is 12.1 Å². The van der Waals surface area contributed by atoms with Crippen LogP contribution in [0.1, 0.15) is 15.9 Å². The number of benzene rings is 2. The maximum Gasteiger partial charge on any atom is 0.339 e. The Bertz CT molecular complexity index is 732. The molecule has 2 aromatic carbocycles. The largest absolute Gasteiger partial charge is 0.490 e. The minimum absolute atomic E-state index is 0.0241. The molecule has 2 rings (SSSR count). The summed E-state index contributed by atoms with van der Waals surface area (Å²) in [5.41, 5.74) is 0.875. The van der Waals surface area contributed by atoms with Gasteiger partial charge in [0.1, 0.15) is 19.0 Å². The van der Waals surface area contributed by atoms with Gasteiger partial charge in [-0.25, -0.2) is 4.79 Å². The minimum Gasteiger partial charge on any atom is -0.490 e. The van der Waals surface area contributed by atoms with E-state index < -0.39 is 10.9 Å². The van der Waals surface area contributed by atoms with Gasteiger partial charge in [-0.15, -0.1) is 0 Å². The molecule has 0 heterocycles. The topological polar surface area (TPSA) is 78.7 Å². The Kier molecular flexibility index (Phi) is 5.54. The third-order valence-electron chi connectivity index (χ3n) is 3.05. The Morgan fingerprint density at radius 3 is 2.61 bits per heavy atom. The van der Waals surface area contributed by atoms with E-state index in [0.717, 1.165) is 17.4 Å². The van der Waals surface area contributed by atoms with Crippen LogP contribution in [0.5, 0.6) is 5.75 Å². The Balaban J connectivity index is 1.88. The molecule has 0 unspecified atom stereocenters. The van der Waals surface area contributed by atoms with Gasteiger partial charge in [-0.3, -0.25) is 10.1 Å². The molecule has 2 aromatic rings. The minimum atomic E-state index is -0.654. The van der Waals surface area contributed by atoms with E-state index in [1.165, 1.54) is 12.1 Å². The number of ether oxygens (including phenoxy) is 2. The number of para-hydroxylation sites is 1. The number of nitrogens with zero attached hydrogens (tertiary/aromatic N) is 1. The Hall–Kier alpha value is -2.60. The van der Waals surface area contributed by atoms with Crippen LogP contribution in [-0.2, 0) is 4.74 Å². The second kappa shape index (κ2) is 7.60. The van der Waals surface area contributed by atoms with Gasteiger partial charge in [0.2, 0.25) is 0 Å². The highest BCUT2D eigenvalue weighted by Crippen LogP contribution is 2.23. The van der Waals surface area contributed by atoms with Crippen molar-refractivity contribution in [2.75, 3.05) is 13.2 Å². The number of aryl methyl sites for hydroxylation is 1. The van der Waals surface area contributed by atoms with E-state index in [9.17, 15) is 14.9 Å². The van der Waals surface area contributed by atoms with E-state index in [4.69, 9.17) is 21.1 Å². The first-order valence-corrected chi connectivity index (χ1v) is 7.16. The van der Waals surface area contributed by atoms with Crippen LogP contribution in [0.15, 0.2) is 42.5 Å². The molecular formula is C16H14ClNO5. The number of nitro groups is 1. The molecule has 0 spiro atoms. The lowest BCUT2D eigenvalue weighted by Crippen LogP contribution is -2.13. The molecule has 0 N–H and O–H groups in total. The number of non-ortho nitro benzene ring substituents is 1. The van der Waals surface area contributed by atoms with Crippen molar-refractivity contribution in [3.05, 3.63) is 68.7 Å². The third-order valence-corrected chi connectivity index (χ3v) is 3.36. The zero-order valence-electron chi connectivity index (χ0n) is 12.3. The summed E-state index contributed by atoms with van der Waals surface area (Å²) in [6.45, 7) is 2.15. The van der Waals surface area contributed by atoms with Crippen LogP contribution in [0.3, 0.4) is 0 Å². The first-order chi connectivity index (χ1) is 11.0. The number of halogens is 1. The summed E-state index contributed by atoms with van der Waals surface area (Å²) in [7, 11) is 0. The summed E-state index contributed by atoms with van der Waals surface area (Å²) in [6, 6.07) is 11.1. The van der Waals surface area contributed by atoms with E-state index in [0.29, 0.717) is 0 Å². The third kappa shape index (κ3) is 4.43. The van der Waals surface area contributed by atoms with Gasteiger partial charge in [0.25, 0.3) is 5.69 Å². The molecular weight excluding hydrogens is 322 g/mol. The Labute approximate surface area is 137 Å². The fourth-order valence-corrected chi connectivity index (χ4v) is 2.12. The maximum atomic E-state index is 11.9. The summed E-state index contributed by atoms with van der Waals surface area (Å²) in [6.07, 6.45) is 0. The number of carbonyl (C=O) groups excluding carboxylic acids is 1. The SMILES string of the molecule is Cc1ccccc1OCCOC(=O)c1ccc([N+](=O)[O-])cc1Cl. The molecule has 0 saturated heterocycles. The number of nitro benzene ring substituents is 1. The highest BCUT2D eigenvalue weighted by atomic mass is 35.5.